The van der Waals surface area contributed by atoms with Crippen LogP contribution < -0.4 is 0 Å². The van der Waals surface area contributed by atoms with Crippen LogP contribution >= 0.6 is 15.9 Å². The quantitative estimate of drug-likeness (QED) is 0.786. The van der Waals surface area contributed by atoms with Gasteiger partial charge in [0.25, 0.3) is 0 Å². The molecule has 1 aromatic rings. The number of halogens is 3. The van der Waals surface area contributed by atoms with Gasteiger partial charge in [-0.05, 0) is 6.07 Å². The van der Waals surface area contributed by atoms with Gasteiger partial charge in [0.05, 0.1) is 0 Å². The summed E-state index contributed by atoms with van der Waals surface area (Å²) in [6.07, 6.45) is 0. The molecule has 0 amide bonds. The Morgan fingerprint density at radius 1 is 1.38 bits per heavy atom. The first-order valence-corrected chi connectivity index (χ1v) is 4.39. The van der Waals surface area contributed by atoms with E-state index in [2.05, 4.69) is 15.9 Å². The molecule has 1 aromatic carbocycles. The highest BCUT2D eigenvalue weighted by Crippen LogP contribution is 2.33. The first-order valence-electron chi connectivity index (χ1n) is 3.60. The fourth-order valence-electron chi connectivity index (χ4n) is 0.905. The molecule has 70 valence electrons. The van der Waals surface area contributed by atoms with Gasteiger partial charge in [0.15, 0.2) is 0 Å². The third-order valence-corrected chi connectivity index (χ3v) is 2.35. The van der Waals surface area contributed by atoms with Crippen LogP contribution in [0.5, 0.6) is 0 Å². The largest absolute Gasteiger partial charge is 0.331 e. The molecule has 0 aliphatic carbocycles. The number of benzene rings is 1. The van der Waals surface area contributed by atoms with E-state index in [0.717, 1.165) is 6.92 Å². The second-order valence-electron chi connectivity index (χ2n) is 2.61. The maximum atomic E-state index is 13.2. The second kappa shape index (κ2) is 3.54. The fourth-order valence-corrected chi connectivity index (χ4v) is 1.44. The lowest BCUT2D eigenvalue weighted by atomic mass is 10.1. The number of carbonyl (C=O) groups excluding carboxylic acids is 1. The van der Waals surface area contributed by atoms with Gasteiger partial charge < -0.3 is 0 Å². The summed E-state index contributed by atoms with van der Waals surface area (Å²) in [6, 6.07) is 5.79. The van der Waals surface area contributed by atoms with Crippen molar-refractivity contribution in [3.8, 4) is 0 Å². The van der Waals surface area contributed by atoms with Crippen molar-refractivity contribution in [1.29, 1.82) is 0 Å². The lowest BCUT2D eigenvalue weighted by molar-refractivity contribution is -0.142. The van der Waals surface area contributed by atoms with Crippen molar-refractivity contribution in [2.45, 2.75) is 12.8 Å². The molecule has 0 N–H and O–H groups in total. The normalized spacial score (nSPS) is 11.4. The van der Waals surface area contributed by atoms with E-state index in [0.29, 0.717) is 0 Å². The van der Waals surface area contributed by atoms with Crippen molar-refractivity contribution in [3.63, 3.8) is 0 Å². The molecule has 0 saturated carbocycles. The van der Waals surface area contributed by atoms with Crippen LogP contribution in [0.15, 0.2) is 28.7 Å². The Balaban J connectivity index is 3.22. The van der Waals surface area contributed by atoms with Gasteiger partial charge in [0.1, 0.15) is 0 Å². The van der Waals surface area contributed by atoms with E-state index < -0.39 is 11.7 Å². The summed E-state index contributed by atoms with van der Waals surface area (Å²) in [5, 5.41) is 0. The molecule has 0 unspecified atom stereocenters. The molecule has 4 heteroatoms. The fraction of sp³-hybridized carbons (Fsp3) is 0.222. The average molecular weight is 249 g/mol. The van der Waals surface area contributed by atoms with Gasteiger partial charge in [0, 0.05) is 17.0 Å². The molecule has 0 radical (unpaired) electrons. The Kier molecular flexibility index (Phi) is 2.81. The van der Waals surface area contributed by atoms with Crippen molar-refractivity contribution in [3.05, 3.63) is 34.3 Å². The molecule has 0 fully saturated rings. The van der Waals surface area contributed by atoms with Gasteiger partial charge in [-0.2, -0.15) is 8.78 Å². The highest BCUT2D eigenvalue weighted by Gasteiger charge is 2.38. The van der Waals surface area contributed by atoms with Crippen molar-refractivity contribution in [2.75, 3.05) is 0 Å². The van der Waals surface area contributed by atoms with Gasteiger partial charge in [-0.1, -0.05) is 34.1 Å². The van der Waals surface area contributed by atoms with E-state index in [-0.39, 0.29) is 10.0 Å². The highest BCUT2D eigenvalue weighted by molar-refractivity contribution is 9.10. The molecule has 1 rings (SSSR count). The van der Waals surface area contributed by atoms with E-state index in [1.165, 1.54) is 18.2 Å². The predicted molar refractivity (Wildman–Crippen MR) is 48.7 cm³/mol. The third kappa shape index (κ3) is 1.94. The monoisotopic (exact) mass is 248 g/mol. The predicted octanol–water partition coefficient (Wildman–Crippen LogP) is 3.13. The smallest absolute Gasteiger partial charge is 0.293 e. The van der Waals surface area contributed by atoms with Gasteiger partial charge in [-0.25, -0.2) is 0 Å². The number of alkyl halides is 2. The number of carbonyl (C=O) groups is 1. The summed E-state index contributed by atoms with van der Waals surface area (Å²) in [4.78, 5) is 10.6. The topological polar surface area (TPSA) is 17.1 Å². The van der Waals surface area contributed by atoms with Crippen LogP contribution in [-0.4, -0.2) is 5.78 Å². The van der Waals surface area contributed by atoms with Crippen molar-refractivity contribution >= 4 is 21.7 Å². The number of hydrogen-bond acceptors (Lipinski definition) is 1. The molecular formula is C9H7BrF2O. The van der Waals surface area contributed by atoms with Crippen molar-refractivity contribution < 1.29 is 13.6 Å². The Morgan fingerprint density at radius 3 is 2.38 bits per heavy atom. The maximum absolute atomic E-state index is 13.2. The molecule has 13 heavy (non-hydrogen) atoms. The van der Waals surface area contributed by atoms with Crippen LogP contribution in [0.3, 0.4) is 0 Å². The summed E-state index contributed by atoms with van der Waals surface area (Å²) in [5.74, 6) is -4.56. The highest BCUT2D eigenvalue weighted by atomic mass is 79.9. The van der Waals surface area contributed by atoms with Crippen LogP contribution in [0.25, 0.3) is 0 Å². The molecule has 0 aliphatic rings. The van der Waals surface area contributed by atoms with Gasteiger partial charge in [0.2, 0.25) is 5.78 Å². The van der Waals surface area contributed by atoms with Gasteiger partial charge in [-0.3, -0.25) is 4.79 Å². The van der Waals surface area contributed by atoms with Crippen LogP contribution in [0.2, 0.25) is 0 Å². The van der Waals surface area contributed by atoms with E-state index >= 15 is 0 Å². The summed E-state index contributed by atoms with van der Waals surface area (Å²) >= 11 is 2.97. The maximum Gasteiger partial charge on any atom is 0.331 e. The Bertz CT molecular complexity index is 336. The number of ketones is 1. The summed E-state index contributed by atoms with van der Waals surface area (Å²) in [7, 11) is 0. The van der Waals surface area contributed by atoms with Crippen LogP contribution in [0.4, 0.5) is 8.78 Å². The zero-order valence-electron chi connectivity index (χ0n) is 6.85. The summed E-state index contributed by atoms with van der Waals surface area (Å²) in [5.41, 5.74) is -0.289. The molecule has 0 spiro atoms. The molecule has 0 saturated heterocycles. The average Bonchev–Trinajstić information content (AvgIpc) is 2.04. The standard InChI is InChI=1S/C9H7BrF2O/c1-6(13)9(11,12)7-4-2-3-5-8(7)10/h2-5H,1H3. The van der Waals surface area contributed by atoms with Gasteiger partial charge >= 0.3 is 5.92 Å². The van der Waals surface area contributed by atoms with Crippen LogP contribution in [0, 0.1) is 0 Å². The third-order valence-electron chi connectivity index (χ3n) is 1.65. The minimum Gasteiger partial charge on any atom is -0.293 e. The number of hydrogen-bond donors (Lipinski definition) is 0. The molecular weight excluding hydrogens is 242 g/mol. The summed E-state index contributed by atoms with van der Waals surface area (Å²) in [6.45, 7) is 0.874. The SMILES string of the molecule is CC(=O)C(F)(F)c1ccccc1Br. The van der Waals surface area contributed by atoms with Crippen molar-refractivity contribution in [1.82, 2.24) is 0 Å². The zero-order valence-corrected chi connectivity index (χ0v) is 8.44. The Hall–Kier alpha value is -0.770. The molecule has 0 heterocycles. The Labute approximate surface area is 82.9 Å². The molecule has 0 bridgehead atoms. The van der Waals surface area contributed by atoms with E-state index in [9.17, 15) is 13.6 Å². The second-order valence-corrected chi connectivity index (χ2v) is 3.46. The zero-order chi connectivity index (χ0) is 10.1. The van der Waals surface area contributed by atoms with Crippen molar-refractivity contribution in [2.24, 2.45) is 0 Å². The summed E-state index contributed by atoms with van der Waals surface area (Å²) < 4.78 is 26.6. The Morgan fingerprint density at radius 2 is 1.92 bits per heavy atom. The molecule has 0 atom stereocenters. The number of rotatable bonds is 2. The van der Waals surface area contributed by atoms with E-state index in [1.54, 1.807) is 6.07 Å². The van der Waals surface area contributed by atoms with Crippen LogP contribution in [-0.2, 0) is 10.7 Å². The van der Waals surface area contributed by atoms with Crippen LogP contribution in [0.1, 0.15) is 12.5 Å². The lowest BCUT2D eigenvalue weighted by Gasteiger charge is -2.14. The molecule has 0 aliphatic heterocycles. The lowest BCUT2D eigenvalue weighted by Crippen LogP contribution is -2.23. The number of Topliss-reactive ketones (excluding diaryl/α,β-unsaturated/α-hetero) is 1. The first kappa shape index (κ1) is 10.3. The van der Waals surface area contributed by atoms with E-state index in [4.69, 9.17) is 0 Å². The first-order chi connectivity index (χ1) is 5.96. The minimum absolute atomic E-state index is 0.246. The molecule has 0 aromatic heterocycles. The molecule has 1 nitrogen and oxygen atoms in total. The van der Waals surface area contributed by atoms with E-state index in [1.807, 2.05) is 0 Å². The minimum atomic E-state index is -3.40. The van der Waals surface area contributed by atoms with Gasteiger partial charge in [-0.15, -0.1) is 0 Å².